The first-order valence-corrected chi connectivity index (χ1v) is 10.1. The molecule has 1 aliphatic rings. The highest BCUT2D eigenvalue weighted by molar-refractivity contribution is 6.30. The predicted octanol–water partition coefficient (Wildman–Crippen LogP) is 1.98. The number of rotatable bonds is 7. The number of aliphatic hydroxyl groups is 1. The fourth-order valence-corrected chi connectivity index (χ4v) is 3.35. The molecule has 30 heavy (non-hydrogen) atoms. The van der Waals surface area contributed by atoms with Gasteiger partial charge >= 0.3 is 6.03 Å². The number of benzene rings is 1. The van der Waals surface area contributed by atoms with Crippen LogP contribution in [0.3, 0.4) is 0 Å². The molecule has 1 fully saturated rings. The van der Waals surface area contributed by atoms with E-state index < -0.39 is 6.10 Å². The van der Waals surface area contributed by atoms with Crippen LogP contribution in [0.5, 0.6) is 0 Å². The summed E-state index contributed by atoms with van der Waals surface area (Å²) in [6, 6.07) is 6.19. The van der Waals surface area contributed by atoms with E-state index in [1.54, 1.807) is 24.3 Å². The number of aromatic nitrogens is 2. The Morgan fingerprint density at radius 2 is 2.00 bits per heavy atom. The van der Waals surface area contributed by atoms with Crippen LogP contribution in [-0.4, -0.2) is 58.4 Å². The third-order valence-corrected chi connectivity index (χ3v) is 5.01. The van der Waals surface area contributed by atoms with Gasteiger partial charge in [-0.1, -0.05) is 11.6 Å². The van der Waals surface area contributed by atoms with Gasteiger partial charge in [0.15, 0.2) is 0 Å². The summed E-state index contributed by atoms with van der Waals surface area (Å²) in [5, 5.41) is 18.6. The first-order chi connectivity index (χ1) is 14.5. The summed E-state index contributed by atoms with van der Waals surface area (Å²) in [5.41, 5.74) is 0.861. The number of carbonyl (C=O) groups excluding carboxylic acids is 2. The van der Waals surface area contributed by atoms with Crippen LogP contribution in [0.1, 0.15) is 29.8 Å². The topological polar surface area (TPSA) is 125 Å². The van der Waals surface area contributed by atoms with Crippen LogP contribution in [0.4, 0.5) is 10.5 Å². The van der Waals surface area contributed by atoms with Crippen molar-refractivity contribution in [2.24, 2.45) is 0 Å². The van der Waals surface area contributed by atoms with Gasteiger partial charge in [-0.3, -0.25) is 9.78 Å². The number of anilines is 1. The van der Waals surface area contributed by atoms with Gasteiger partial charge in [0.25, 0.3) is 5.91 Å². The van der Waals surface area contributed by atoms with Crippen molar-refractivity contribution in [2.45, 2.75) is 37.5 Å². The van der Waals surface area contributed by atoms with E-state index in [1.165, 1.54) is 18.6 Å². The molecule has 3 atom stereocenters. The highest BCUT2D eigenvalue weighted by Crippen LogP contribution is 2.22. The molecule has 0 bridgehead atoms. The molecule has 160 valence electrons. The average Bonchev–Trinajstić information content (AvgIpc) is 2.77. The van der Waals surface area contributed by atoms with Gasteiger partial charge in [0.1, 0.15) is 11.8 Å². The first kappa shape index (κ1) is 21.9. The Kier molecular flexibility index (Phi) is 7.95. The third-order valence-electron chi connectivity index (χ3n) is 4.76. The fourth-order valence-electron chi connectivity index (χ4n) is 3.22. The lowest BCUT2D eigenvalue weighted by atomic mass is 9.97. The maximum atomic E-state index is 12.3. The standard InChI is InChI=1S/C20H24ClN5O4/c21-13-1-3-14(4-2-13)25-20(29)24-8-7-15-5-6-16(18(12-27)30-15)26-19(28)17-11-22-9-10-23-17/h1-4,9-11,15-16,18,27H,5-8,12H2,(H,26,28)(H2,24,25,29)/t15-,16-,18-/m1/s1. The van der Waals surface area contributed by atoms with Crippen molar-refractivity contribution in [2.75, 3.05) is 18.5 Å². The lowest BCUT2D eigenvalue weighted by Gasteiger charge is -2.36. The lowest BCUT2D eigenvalue weighted by Crippen LogP contribution is -2.51. The number of hydrogen-bond donors (Lipinski definition) is 4. The van der Waals surface area contributed by atoms with Crippen LogP contribution in [0.15, 0.2) is 42.9 Å². The Bertz CT molecular complexity index is 837. The van der Waals surface area contributed by atoms with Crippen LogP contribution in [-0.2, 0) is 4.74 Å². The van der Waals surface area contributed by atoms with E-state index in [1.807, 2.05) is 0 Å². The second kappa shape index (κ2) is 10.9. The number of ether oxygens (including phenoxy) is 1. The van der Waals surface area contributed by atoms with Crippen LogP contribution in [0.25, 0.3) is 0 Å². The smallest absolute Gasteiger partial charge is 0.319 e. The Hall–Kier alpha value is -2.75. The monoisotopic (exact) mass is 433 g/mol. The zero-order valence-electron chi connectivity index (χ0n) is 16.3. The second-order valence-corrected chi connectivity index (χ2v) is 7.34. The maximum absolute atomic E-state index is 12.3. The van der Waals surface area contributed by atoms with Crippen molar-refractivity contribution in [1.29, 1.82) is 0 Å². The minimum absolute atomic E-state index is 0.123. The molecule has 0 saturated carbocycles. The van der Waals surface area contributed by atoms with E-state index in [2.05, 4.69) is 25.9 Å². The Morgan fingerprint density at radius 1 is 1.20 bits per heavy atom. The van der Waals surface area contributed by atoms with Gasteiger partial charge in [0.2, 0.25) is 0 Å². The molecular weight excluding hydrogens is 410 g/mol. The van der Waals surface area contributed by atoms with Crippen molar-refractivity contribution >= 4 is 29.2 Å². The minimum atomic E-state index is -0.521. The largest absolute Gasteiger partial charge is 0.394 e. The quantitative estimate of drug-likeness (QED) is 0.529. The third kappa shape index (κ3) is 6.38. The molecule has 0 radical (unpaired) electrons. The van der Waals surface area contributed by atoms with Gasteiger partial charge < -0.3 is 25.8 Å². The van der Waals surface area contributed by atoms with E-state index in [4.69, 9.17) is 16.3 Å². The molecular formula is C20H24ClN5O4. The van der Waals surface area contributed by atoms with Crippen molar-refractivity contribution in [1.82, 2.24) is 20.6 Å². The summed E-state index contributed by atoms with van der Waals surface area (Å²) in [7, 11) is 0. The molecule has 3 rings (SSSR count). The number of aliphatic hydroxyl groups excluding tert-OH is 1. The van der Waals surface area contributed by atoms with Crippen molar-refractivity contribution < 1.29 is 19.4 Å². The molecule has 1 saturated heterocycles. The summed E-state index contributed by atoms with van der Waals surface area (Å²) in [6.07, 6.45) is 5.62. The van der Waals surface area contributed by atoms with Gasteiger partial charge in [-0.25, -0.2) is 9.78 Å². The highest BCUT2D eigenvalue weighted by Gasteiger charge is 2.32. The number of halogens is 1. The van der Waals surface area contributed by atoms with E-state index in [0.717, 1.165) is 0 Å². The number of hydrogen-bond acceptors (Lipinski definition) is 6. The highest BCUT2D eigenvalue weighted by atomic mass is 35.5. The number of urea groups is 1. The van der Waals surface area contributed by atoms with Gasteiger partial charge in [-0.05, 0) is 43.5 Å². The second-order valence-electron chi connectivity index (χ2n) is 6.90. The van der Waals surface area contributed by atoms with E-state index >= 15 is 0 Å². The van der Waals surface area contributed by atoms with Crippen LogP contribution >= 0.6 is 11.6 Å². The van der Waals surface area contributed by atoms with Crippen LogP contribution in [0, 0.1) is 0 Å². The van der Waals surface area contributed by atoms with E-state index in [0.29, 0.717) is 36.5 Å². The molecule has 0 unspecified atom stereocenters. The number of nitrogens with zero attached hydrogens (tertiary/aromatic N) is 2. The van der Waals surface area contributed by atoms with Crippen LogP contribution in [0.2, 0.25) is 5.02 Å². The van der Waals surface area contributed by atoms with E-state index in [-0.39, 0.29) is 36.4 Å². The first-order valence-electron chi connectivity index (χ1n) is 9.68. The summed E-state index contributed by atoms with van der Waals surface area (Å²) >= 11 is 5.82. The molecule has 0 aliphatic carbocycles. The Labute approximate surface area is 179 Å². The summed E-state index contributed by atoms with van der Waals surface area (Å²) < 4.78 is 5.91. The Balaban J connectivity index is 1.40. The molecule has 1 aliphatic heterocycles. The zero-order valence-corrected chi connectivity index (χ0v) is 17.0. The fraction of sp³-hybridized carbons (Fsp3) is 0.400. The number of carbonyl (C=O) groups is 2. The molecule has 1 aromatic heterocycles. The summed E-state index contributed by atoms with van der Waals surface area (Å²) in [6.45, 7) is 0.200. The lowest BCUT2D eigenvalue weighted by molar-refractivity contribution is -0.0892. The van der Waals surface area contributed by atoms with Crippen molar-refractivity contribution in [3.63, 3.8) is 0 Å². The summed E-state index contributed by atoms with van der Waals surface area (Å²) in [4.78, 5) is 32.1. The molecule has 10 heteroatoms. The van der Waals surface area contributed by atoms with Gasteiger partial charge in [-0.15, -0.1) is 0 Å². The molecule has 4 N–H and O–H groups in total. The normalized spacial score (nSPS) is 20.9. The maximum Gasteiger partial charge on any atom is 0.319 e. The molecule has 2 aromatic rings. The van der Waals surface area contributed by atoms with Crippen molar-refractivity contribution in [3.8, 4) is 0 Å². The predicted molar refractivity (Wildman–Crippen MR) is 111 cm³/mol. The Morgan fingerprint density at radius 3 is 2.70 bits per heavy atom. The molecule has 3 amide bonds. The molecule has 0 spiro atoms. The zero-order chi connectivity index (χ0) is 21.3. The van der Waals surface area contributed by atoms with E-state index in [9.17, 15) is 14.7 Å². The SMILES string of the molecule is O=C(NCC[C@H]1CC[C@@H](NC(=O)c2cnccn2)[C@@H](CO)O1)Nc1ccc(Cl)cc1. The molecule has 2 heterocycles. The average molecular weight is 434 g/mol. The van der Waals surface area contributed by atoms with Gasteiger partial charge in [-0.2, -0.15) is 0 Å². The number of amides is 3. The summed E-state index contributed by atoms with van der Waals surface area (Å²) in [5.74, 6) is -0.353. The number of nitrogens with one attached hydrogen (secondary N) is 3. The minimum Gasteiger partial charge on any atom is -0.394 e. The van der Waals surface area contributed by atoms with Crippen LogP contribution < -0.4 is 16.0 Å². The molecule has 9 nitrogen and oxygen atoms in total. The van der Waals surface area contributed by atoms with Gasteiger partial charge in [0.05, 0.1) is 24.9 Å². The molecule has 1 aromatic carbocycles. The van der Waals surface area contributed by atoms with Gasteiger partial charge in [0, 0.05) is 29.6 Å². The van der Waals surface area contributed by atoms with Crippen molar-refractivity contribution in [3.05, 3.63) is 53.6 Å².